The summed E-state index contributed by atoms with van der Waals surface area (Å²) < 4.78 is 10.3. The molecule has 0 N–H and O–H groups in total. The zero-order chi connectivity index (χ0) is 17.8. The molecule has 23 heavy (non-hydrogen) atoms. The van der Waals surface area contributed by atoms with Crippen LogP contribution in [0.5, 0.6) is 0 Å². The number of carbonyl (C=O) groups excluding carboxylic acids is 3. The van der Waals surface area contributed by atoms with Gasteiger partial charge in [0.05, 0.1) is 0 Å². The third-order valence-electron chi connectivity index (χ3n) is 2.38. The summed E-state index contributed by atoms with van der Waals surface area (Å²) in [6.45, 7) is 9.86. The van der Waals surface area contributed by atoms with Crippen LogP contribution in [-0.2, 0) is 9.47 Å². The van der Waals surface area contributed by atoms with Crippen molar-refractivity contribution in [3.8, 4) is 0 Å². The summed E-state index contributed by atoms with van der Waals surface area (Å²) in [5, 5.41) is 0. The topological polar surface area (TPSA) is 72.9 Å². The Hall–Kier alpha value is -2.37. The molecule has 6 nitrogen and oxygen atoms in total. The molecule has 0 atom stereocenters. The van der Waals surface area contributed by atoms with Gasteiger partial charge in [-0.15, -0.1) is 4.90 Å². The van der Waals surface area contributed by atoms with Crippen molar-refractivity contribution >= 4 is 18.1 Å². The monoisotopic (exact) mass is 321 g/mol. The van der Waals surface area contributed by atoms with Gasteiger partial charge in [0.1, 0.15) is 11.2 Å². The van der Waals surface area contributed by atoms with Crippen molar-refractivity contribution in [3.05, 3.63) is 35.9 Å². The van der Waals surface area contributed by atoms with Crippen LogP contribution in [-0.4, -0.2) is 34.2 Å². The molecule has 0 saturated heterocycles. The molecule has 0 spiro atoms. The molecule has 3 amide bonds. The lowest BCUT2D eigenvalue weighted by atomic mass is 10.2. The van der Waals surface area contributed by atoms with Gasteiger partial charge in [-0.2, -0.15) is 0 Å². The average Bonchev–Trinajstić information content (AvgIpc) is 2.35. The van der Waals surface area contributed by atoms with Crippen molar-refractivity contribution in [1.29, 1.82) is 0 Å². The zero-order valence-corrected chi connectivity index (χ0v) is 14.4. The molecule has 126 valence electrons. The average molecular weight is 321 g/mol. The Bertz CT molecular complexity index is 553. The Morgan fingerprint density at radius 1 is 0.783 bits per heavy atom. The molecule has 0 heterocycles. The zero-order valence-electron chi connectivity index (χ0n) is 14.4. The third-order valence-corrected chi connectivity index (χ3v) is 2.38. The highest BCUT2D eigenvalue weighted by Gasteiger charge is 2.36. The number of amides is 3. The molecule has 0 aromatic heterocycles. The minimum absolute atomic E-state index is 0.184. The number of carbonyl (C=O) groups is 3. The molecule has 1 rings (SSSR count). The lowest BCUT2D eigenvalue weighted by Gasteiger charge is -2.27. The van der Waals surface area contributed by atoms with Gasteiger partial charge in [-0.05, 0) is 53.7 Å². The van der Waals surface area contributed by atoms with Gasteiger partial charge in [0.25, 0.3) is 5.91 Å². The fraction of sp³-hybridized carbons (Fsp3) is 0.471. The molecule has 0 radical (unpaired) electrons. The highest BCUT2D eigenvalue weighted by molar-refractivity contribution is 6.13. The number of benzene rings is 1. The van der Waals surface area contributed by atoms with Gasteiger partial charge in [-0.1, -0.05) is 18.2 Å². The van der Waals surface area contributed by atoms with E-state index in [0.29, 0.717) is 4.90 Å². The second kappa shape index (κ2) is 6.81. The Morgan fingerprint density at radius 3 is 1.52 bits per heavy atom. The number of imide groups is 3. The lowest BCUT2D eigenvalue weighted by molar-refractivity contribution is 0.00398. The van der Waals surface area contributed by atoms with E-state index in [1.54, 1.807) is 59.7 Å². The summed E-state index contributed by atoms with van der Waals surface area (Å²) in [5.74, 6) is -0.797. The quantitative estimate of drug-likeness (QED) is 0.781. The van der Waals surface area contributed by atoms with Crippen LogP contribution in [0.15, 0.2) is 30.3 Å². The van der Waals surface area contributed by atoms with Crippen molar-refractivity contribution < 1.29 is 23.9 Å². The predicted octanol–water partition coefficient (Wildman–Crippen LogP) is 4.00. The van der Waals surface area contributed by atoms with Gasteiger partial charge < -0.3 is 9.47 Å². The van der Waals surface area contributed by atoms with Crippen molar-refractivity contribution in [3.63, 3.8) is 0 Å². The van der Waals surface area contributed by atoms with E-state index >= 15 is 0 Å². The minimum atomic E-state index is -1.07. The number of ether oxygens (including phenoxy) is 2. The van der Waals surface area contributed by atoms with Gasteiger partial charge in [-0.25, -0.2) is 9.59 Å². The maximum Gasteiger partial charge on any atom is 0.427 e. The highest BCUT2D eigenvalue weighted by atomic mass is 16.6. The first-order valence-corrected chi connectivity index (χ1v) is 7.26. The maximum absolute atomic E-state index is 12.5. The van der Waals surface area contributed by atoms with Crippen LogP contribution in [0.3, 0.4) is 0 Å². The van der Waals surface area contributed by atoms with Crippen molar-refractivity contribution in [2.75, 3.05) is 0 Å². The van der Waals surface area contributed by atoms with E-state index in [9.17, 15) is 14.4 Å². The van der Waals surface area contributed by atoms with Gasteiger partial charge >= 0.3 is 12.2 Å². The van der Waals surface area contributed by atoms with Crippen LogP contribution < -0.4 is 0 Å². The van der Waals surface area contributed by atoms with E-state index in [4.69, 9.17) is 9.47 Å². The molecule has 0 unspecified atom stereocenters. The minimum Gasteiger partial charge on any atom is -0.443 e. The van der Waals surface area contributed by atoms with Crippen molar-refractivity contribution in [2.45, 2.75) is 52.7 Å². The largest absolute Gasteiger partial charge is 0.443 e. The highest BCUT2D eigenvalue weighted by Crippen LogP contribution is 2.17. The first-order valence-electron chi connectivity index (χ1n) is 7.26. The molecular formula is C17H23NO5. The first-order chi connectivity index (χ1) is 10.4. The van der Waals surface area contributed by atoms with Crippen LogP contribution in [0.25, 0.3) is 0 Å². The normalized spacial score (nSPS) is 11.6. The van der Waals surface area contributed by atoms with E-state index in [-0.39, 0.29) is 5.56 Å². The summed E-state index contributed by atoms with van der Waals surface area (Å²) in [7, 11) is 0. The smallest absolute Gasteiger partial charge is 0.427 e. The van der Waals surface area contributed by atoms with E-state index in [2.05, 4.69) is 0 Å². The summed E-state index contributed by atoms with van der Waals surface area (Å²) in [5.41, 5.74) is -1.52. The van der Waals surface area contributed by atoms with Crippen LogP contribution >= 0.6 is 0 Å². The van der Waals surface area contributed by atoms with Crippen LogP contribution in [0.4, 0.5) is 9.59 Å². The summed E-state index contributed by atoms with van der Waals surface area (Å²) in [6.07, 6.45) is -2.14. The Labute approximate surface area is 136 Å². The molecule has 0 bridgehead atoms. The fourth-order valence-electron chi connectivity index (χ4n) is 1.57. The third kappa shape index (κ3) is 6.10. The van der Waals surface area contributed by atoms with Crippen molar-refractivity contribution in [1.82, 2.24) is 4.90 Å². The summed E-state index contributed by atoms with van der Waals surface area (Å²) in [6, 6.07) is 8.00. The molecule has 0 saturated carbocycles. The number of hydrogen-bond acceptors (Lipinski definition) is 5. The van der Waals surface area contributed by atoms with E-state index < -0.39 is 29.3 Å². The number of nitrogens with zero attached hydrogens (tertiary/aromatic N) is 1. The molecule has 1 aromatic rings. The molecule has 6 heteroatoms. The fourth-order valence-corrected chi connectivity index (χ4v) is 1.57. The van der Waals surface area contributed by atoms with Crippen LogP contribution in [0.1, 0.15) is 51.9 Å². The molecule has 0 aliphatic rings. The Morgan fingerprint density at radius 2 is 1.17 bits per heavy atom. The number of hydrogen-bond donors (Lipinski definition) is 0. The Balaban J connectivity index is 3.13. The van der Waals surface area contributed by atoms with E-state index in [1.807, 2.05) is 0 Å². The summed E-state index contributed by atoms with van der Waals surface area (Å²) in [4.78, 5) is 37.5. The predicted molar refractivity (Wildman–Crippen MR) is 85.1 cm³/mol. The van der Waals surface area contributed by atoms with Gasteiger partial charge in [0, 0.05) is 5.56 Å². The van der Waals surface area contributed by atoms with Crippen LogP contribution in [0, 0.1) is 0 Å². The number of rotatable bonds is 1. The van der Waals surface area contributed by atoms with Gasteiger partial charge in [-0.3, -0.25) is 4.79 Å². The van der Waals surface area contributed by atoms with E-state index in [1.165, 1.54) is 12.1 Å². The van der Waals surface area contributed by atoms with Gasteiger partial charge in [0.2, 0.25) is 0 Å². The van der Waals surface area contributed by atoms with Crippen molar-refractivity contribution in [2.24, 2.45) is 0 Å². The maximum atomic E-state index is 12.5. The van der Waals surface area contributed by atoms with Gasteiger partial charge in [0.15, 0.2) is 0 Å². The molecule has 1 aromatic carbocycles. The molecule has 0 fully saturated rings. The summed E-state index contributed by atoms with van der Waals surface area (Å²) >= 11 is 0. The second-order valence-corrected chi connectivity index (χ2v) is 6.97. The standard InChI is InChI=1S/C17H23NO5/c1-16(2,3)22-14(20)18(15(21)23-17(4,5)6)13(19)12-10-8-7-9-11-12/h7-11H,1-6H3. The van der Waals surface area contributed by atoms with E-state index in [0.717, 1.165) is 0 Å². The molecular weight excluding hydrogens is 298 g/mol. The first kappa shape index (κ1) is 18.7. The second-order valence-electron chi connectivity index (χ2n) is 6.97. The molecule has 0 aliphatic heterocycles. The molecule has 0 aliphatic carbocycles. The SMILES string of the molecule is CC(C)(C)OC(=O)N(C(=O)OC(C)(C)C)C(=O)c1ccccc1. The Kier molecular flexibility index (Phi) is 5.53. The van der Waals surface area contributed by atoms with Crippen LogP contribution in [0.2, 0.25) is 0 Å². The lowest BCUT2D eigenvalue weighted by Crippen LogP contribution is -2.46.